The summed E-state index contributed by atoms with van der Waals surface area (Å²) in [5, 5.41) is 18.6. The van der Waals surface area contributed by atoms with E-state index in [2.05, 4.69) is 0 Å². The van der Waals surface area contributed by atoms with Crippen molar-refractivity contribution in [2.75, 3.05) is 0 Å². The van der Waals surface area contributed by atoms with Gasteiger partial charge in [-0.25, -0.2) is 4.39 Å². The molecule has 2 N–H and O–H groups in total. The Morgan fingerprint density at radius 2 is 2.20 bits per heavy atom. The fourth-order valence-corrected chi connectivity index (χ4v) is 1.47. The number of hydrogen-bond acceptors (Lipinski definition) is 2. The summed E-state index contributed by atoms with van der Waals surface area (Å²) in [6.07, 6.45) is -0.579. The number of benzene rings is 1. The van der Waals surface area contributed by atoms with Crippen LogP contribution in [-0.4, -0.2) is 16.2 Å². The summed E-state index contributed by atoms with van der Waals surface area (Å²) in [5.41, 5.74) is -1.88. The van der Waals surface area contributed by atoms with E-state index in [0.29, 0.717) is 0 Å². The largest absolute Gasteiger partial charge is 0.481 e. The second-order valence-electron chi connectivity index (χ2n) is 3.47. The fraction of sp³-hybridized carbons (Fsp3) is 0.300. The normalized spacial score (nSPS) is 14.7. The molecule has 0 aliphatic rings. The summed E-state index contributed by atoms with van der Waals surface area (Å²) in [4.78, 5) is 10.5. The summed E-state index contributed by atoms with van der Waals surface area (Å²) in [5.74, 6) is -1.88. The van der Waals surface area contributed by atoms with E-state index in [1.807, 2.05) is 0 Å². The van der Waals surface area contributed by atoms with Crippen LogP contribution in [0.15, 0.2) is 18.2 Å². The lowest BCUT2D eigenvalue weighted by atomic mass is 9.92. The van der Waals surface area contributed by atoms with Gasteiger partial charge in [-0.1, -0.05) is 11.6 Å². The van der Waals surface area contributed by atoms with E-state index < -0.39 is 23.8 Å². The standard InChI is InChI=1S/C10H10ClFO3/c1-10(15,5-9(13)14)7-4-6(11)2-3-8(7)12/h2-4,15H,5H2,1H3,(H,13,14). The summed E-state index contributed by atoms with van der Waals surface area (Å²) in [7, 11) is 0. The zero-order chi connectivity index (χ0) is 11.6. The van der Waals surface area contributed by atoms with Crippen molar-refractivity contribution >= 4 is 17.6 Å². The van der Waals surface area contributed by atoms with Gasteiger partial charge in [-0.3, -0.25) is 4.79 Å². The van der Waals surface area contributed by atoms with Gasteiger partial charge in [-0.15, -0.1) is 0 Å². The first-order valence-electron chi connectivity index (χ1n) is 4.22. The summed E-state index contributed by atoms with van der Waals surface area (Å²) in [6.45, 7) is 1.23. The van der Waals surface area contributed by atoms with Crippen molar-refractivity contribution in [2.45, 2.75) is 18.9 Å². The van der Waals surface area contributed by atoms with Gasteiger partial charge in [-0.05, 0) is 25.1 Å². The molecule has 1 rings (SSSR count). The lowest BCUT2D eigenvalue weighted by Gasteiger charge is -2.22. The Morgan fingerprint density at radius 3 is 2.73 bits per heavy atom. The molecule has 0 saturated heterocycles. The van der Waals surface area contributed by atoms with Crippen LogP contribution in [0.3, 0.4) is 0 Å². The van der Waals surface area contributed by atoms with Gasteiger partial charge in [0.15, 0.2) is 0 Å². The zero-order valence-electron chi connectivity index (χ0n) is 8.00. The molecule has 1 unspecified atom stereocenters. The number of carboxylic acids is 1. The molecule has 0 spiro atoms. The average molecular weight is 233 g/mol. The van der Waals surface area contributed by atoms with Crippen molar-refractivity contribution in [1.82, 2.24) is 0 Å². The predicted octanol–water partition coefficient (Wildman–Crippen LogP) is 2.16. The van der Waals surface area contributed by atoms with Crippen LogP contribution in [0, 0.1) is 5.82 Å². The van der Waals surface area contributed by atoms with Crippen LogP contribution in [0.2, 0.25) is 5.02 Å². The molecule has 82 valence electrons. The van der Waals surface area contributed by atoms with Gasteiger partial charge < -0.3 is 10.2 Å². The van der Waals surface area contributed by atoms with Crippen LogP contribution in [0.1, 0.15) is 18.9 Å². The predicted molar refractivity (Wildman–Crippen MR) is 53.2 cm³/mol. The summed E-state index contributed by atoms with van der Waals surface area (Å²) >= 11 is 5.63. The average Bonchev–Trinajstić information content (AvgIpc) is 2.06. The van der Waals surface area contributed by atoms with Crippen molar-refractivity contribution < 1.29 is 19.4 Å². The minimum atomic E-state index is -1.76. The first-order valence-corrected chi connectivity index (χ1v) is 4.60. The number of carbonyl (C=O) groups is 1. The van der Waals surface area contributed by atoms with Gasteiger partial charge in [0, 0.05) is 10.6 Å². The highest BCUT2D eigenvalue weighted by Crippen LogP contribution is 2.29. The van der Waals surface area contributed by atoms with E-state index in [1.165, 1.54) is 19.1 Å². The quantitative estimate of drug-likeness (QED) is 0.840. The highest BCUT2D eigenvalue weighted by atomic mass is 35.5. The third kappa shape index (κ3) is 2.91. The molecule has 0 saturated carbocycles. The van der Waals surface area contributed by atoms with E-state index in [0.717, 1.165) is 6.07 Å². The number of rotatable bonds is 3. The number of carboxylic acid groups (broad SMARTS) is 1. The van der Waals surface area contributed by atoms with Crippen LogP contribution < -0.4 is 0 Å². The molecule has 0 bridgehead atoms. The van der Waals surface area contributed by atoms with Crippen LogP contribution >= 0.6 is 11.6 Å². The molecule has 0 fully saturated rings. The molecule has 5 heteroatoms. The Kier molecular flexibility index (Phi) is 3.31. The fourth-order valence-electron chi connectivity index (χ4n) is 1.30. The van der Waals surface area contributed by atoms with E-state index >= 15 is 0 Å². The number of hydrogen-bond donors (Lipinski definition) is 2. The second-order valence-corrected chi connectivity index (χ2v) is 3.90. The second kappa shape index (κ2) is 4.16. The topological polar surface area (TPSA) is 57.5 Å². The number of halogens is 2. The van der Waals surface area contributed by atoms with Gasteiger partial charge in [0.05, 0.1) is 6.42 Å². The Balaban J connectivity index is 3.13. The van der Waals surface area contributed by atoms with Crippen LogP contribution in [0.4, 0.5) is 4.39 Å². The van der Waals surface area contributed by atoms with Crippen molar-refractivity contribution in [3.63, 3.8) is 0 Å². The molecule has 0 aliphatic heterocycles. The minimum absolute atomic E-state index is 0.114. The Hall–Kier alpha value is -1.13. The summed E-state index contributed by atoms with van der Waals surface area (Å²) in [6, 6.07) is 3.64. The Bertz CT molecular complexity index is 390. The molecule has 15 heavy (non-hydrogen) atoms. The molecule has 1 aromatic carbocycles. The third-order valence-electron chi connectivity index (χ3n) is 2.00. The third-order valence-corrected chi connectivity index (χ3v) is 2.24. The minimum Gasteiger partial charge on any atom is -0.481 e. The highest BCUT2D eigenvalue weighted by molar-refractivity contribution is 6.30. The van der Waals surface area contributed by atoms with Crippen molar-refractivity contribution in [1.29, 1.82) is 0 Å². The van der Waals surface area contributed by atoms with Crippen LogP contribution in [0.25, 0.3) is 0 Å². The number of aliphatic hydroxyl groups is 1. The lowest BCUT2D eigenvalue weighted by molar-refractivity contribution is -0.142. The van der Waals surface area contributed by atoms with Crippen molar-refractivity contribution in [3.8, 4) is 0 Å². The molecule has 0 aliphatic carbocycles. The van der Waals surface area contributed by atoms with Gasteiger partial charge in [0.2, 0.25) is 0 Å². The van der Waals surface area contributed by atoms with E-state index in [4.69, 9.17) is 16.7 Å². The monoisotopic (exact) mass is 232 g/mol. The molecule has 0 aromatic heterocycles. The molecule has 0 heterocycles. The highest BCUT2D eigenvalue weighted by Gasteiger charge is 2.29. The SMILES string of the molecule is CC(O)(CC(=O)O)c1cc(Cl)ccc1F. The Morgan fingerprint density at radius 1 is 1.60 bits per heavy atom. The molecule has 3 nitrogen and oxygen atoms in total. The molecule has 1 aromatic rings. The molecule has 1 atom stereocenters. The van der Waals surface area contributed by atoms with Gasteiger partial charge >= 0.3 is 5.97 Å². The van der Waals surface area contributed by atoms with E-state index in [1.54, 1.807) is 0 Å². The molecule has 0 amide bonds. The number of aliphatic carboxylic acids is 1. The Labute approximate surface area is 91.1 Å². The van der Waals surface area contributed by atoms with E-state index in [9.17, 15) is 14.3 Å². The van der Waals surface area contributed by atoms with Gasteiger partial charge in [-0.2, -0.15) is 0 Å². The zero-order valence-corrected chi connectivity index (χ0v) is 8.75. The van der Waals surface area contributed by atoms with Gasteiger partial charge in [0.1, 0.15) is 11.4 Å². The van der Waals surface area contributed by atoms with Crippen molar-refractivity contribution in [3.05, 3.63) is 34.6 Å². The van der Waals surface area contributed by atoms with Gasteiger partial charge in [0.25, 0.3) is 0 Å². The summed E-state index contributed by atoms with van der Waals surface area (Å²) < 4.78 is 13.3. The van der Waals surface area contributed by atoms with Crippen LogP contribution in [-0.2, 0) is 10.4 Å². The maximum absolute atomic E-state index is 13.3. The first kappa shape index (κ1) is 11.9. The lowest BCUT2D eigenvalue weighted by Crippen LogP contribution is -2.26. The molecular formula is C10H10ClFO3. The molecule has 0 radical (unpaired) electrons. The first-order chi connectivity index (χ1) is 6.83. The maximum Gasteiger partial charge on any atom is 0.306 e. The van der Waals surface area contributed by atoms with Crippen molar-refractivity contribution in [2.24, 2.45) is 0 Å². The smallest absolute Gasteiger partial charge is 0.306 e. The molecular weight excluding hydrogens is 223 g/mol. The maximum atomic E-state index is 13.3. The van der Waals surface area contributed by atoms with Crippen LogP contribution in [0.5, 0.6) is 0 Å². The van der Waals surface area contributed by atoms with E-state index in [-0.39, 0.29) is 10.6 Å².